The summed E-state index contributed by atoms with van der Waals surface area (Å²) in [6, 6.07) is 9.60. The molecule has 0 bridgehead atoms. The topological polar surface area (TPSA) is 63.8 Å². The summed E-state index contributed by atoms with van der Waals surface area (Å²) in [7, 11) is 0. The van der Waals surface area contributed by atoms with Crippen LogP contribution in [0.15, 0.2) is 42.7 Å². The molecule has 5 heteroatoms. The molecule has 1 aromatic carbocycles. The first-order valence-corrected chi connectivity index (χ1v) is 6.71. The van der Waals surface area contributed by atoms with Gasteiger partial charge >= 0.3 is 0 Å². The molecule has 0 aliphatic heterocycles. The molecule has 1 atom stereocenters. The van der Waals surface area contributed by atoms with Crippen LogP contribution in [0.2, 0.25) is 0 Å². The Labute approximate surface area is 116 Å². The van der Waals surface area contributed by atoms with Crippen LogP contribution in [0, 0.1) is 0 Å². The van der Waals surface area contributed by atoms with E-state index in [4.69, 9.17) is 0 Å². The quantitative estimate of drug-likeness (QED) is 0.788. The molecule has 3 rings (SSSR count). The maximum Gasteiger partial charge on any atom is 0.123 e. The van der Waals surface area contributed by atoms with Crippen LogP contribution in [0.5, 0.6) is 0 Å². The number of nitrogens with zero attached hydrogens (tertiary/aromatic N) is 4. The third kappa shape index (κ3) is 2.16. The third-order valence-electron chi connectivity index (χ3n) is 3.34. The number of aromatic nitrogens is 4. The molecule has 102 valence electrons. The second-order valence-corrected chi connectivity index (χ2v) is 4.70. The molecule has 1 N–H and O–H groups in total. The van der Waals surface area contributed by atoms with Gasteiger partial charge in [0.25, 0.3) is 0 Å². The maximum atomic E-state index is 10.7. The molecule has 0 amide bonds. The molecule has 5 nitrogen and oxygen atoms in total. The van der Waals surface area contributed by atoms with Crippen molar-refractivity contribution >= 4 is 10.9 Å². The summed E-state index contributed by atoms with van der Waals surface area (Å²) in [6.07, 6.45) is 3.57. The van der Waals surface area contributed by atoms with E-state index < -0.39 is 6.10 Å². The fraction of sp³-hybridized carbons (Fsp3) is 0.267. The Morgan fingerprint density at radius 1 is 1.25 bits per heavy atom. The highest BCUT2D eigenvalue weighted by molar-refractivity contribution is 5.82. The summed E-state index contributed by atoms with van der Waals surface area (Å²) in [5, 5.41) is 19.5. The van der Waals surface area contributed by atoms with Crippen LogP contribution < -0.4 is 0 Å². The first kappa shape index (κ1) is 12.7. The number of hydrogen-bond acceptors (Lipinski definition) is 4. The van der Waals surface area contributed by atoms with Gasteiger partial charge in [-0.05, 0) is 24.1 Å². The van der Waals surface area contributed by atoms with Crippen molar-refractivity contribution in [1.29, 1.82) is 0 Å². The lowest BCUT2D eigenvalue weighted by molar-refractivity contribution is 0.209. The Morgan fingerprint density at radius 2 is 2.15 bits per heavy atom. The number of aliphatic hydroxyl groups excluding tert-OH is 1. The van der Waals surface area contributed by atoms with Crippen molar-refractivity contribution in [2.24, 2.45) is 0 Å². The minimum absolute atomic E-state index is 0.711. The van der Waals surface area contributed by atoms with E-state index in [0.29, 0.717) is 5.69 Å². The molecule has 0 aliphatic rings. The average Bonchev–Trinajstić information content (AvgIpc) is 2.94. The second kappa shape index (κ2) is 5.38. The summed E-state index contributed by atoms with van der Waals surface area (Å²) in [5.74, 6) is 0. The Balaban J connectivity index is 2.08. The highest BCUT2D eigenvalue weighted by Gasteiger charge is 2.18. The molecule has 3 aromatic rings. The molecule has 0 aliphatic carbocycles. The Hall–Kier alpha value is -2.27. The summed E-state index contributed by atoms with van der Waals surface area (Å²) in [4.78, 5) is 4.32. The first-order valence-electron chi connectivity index (χ1n) is 6.71. The predicted octanol–water partition coefficient (Wildman–Crippen LogP) is 2.32. The highest BCUT2D eigenvalue weighted by atomic mass is 16.3. The maximum absolute atomic E-state index is 10.7. The fourth-order valence-electron chi connectivity index (χ4n) is 2.39. The van der Waals surface area contributed by atoms with Crippen molar-refractivity contribution in [3.63, 3.8) is 0 Å². The van der Waals surface area contributed by atoms with Gasteiger partial charge in [0.15, 0.2) is 0 Å². The monoisotopic (exact) mass is 268 g/mol. The molecule has 2 aromatic heterocycles. The normalized spacial score (nSPS) is 12.7. The number of rotatable bonds is 4. The van der Waals surface area contributed by atoms with Gasteiger partial charge in [-0.15, -0.1) is 5.10 Å². The van der Waals surface area contributed by atoms with E-state index in [0.717, 1.165) is 29.4 Å². The zero-order chi connectivity index (χ0) is 13.9. The van der Waals surface area contributed by atoms with Gasteiger partial charge in [0.05, 0.1) is 17.4 Å². The summed E-state index contributed by atoms with van der Waals surface area (Å²) in [5.41, 5.74) is 2.41. The van der Waals surface area contributed by atoms with E-state index in [2.05, 4.69) is 22.2 Å². The van der Waals surface area contributed by atoms with Crippen LogP contribution in [-0.4, -0.2) is 25.1 Å². The zero-order valence-corrected chi connectivity index (χ0v) is 11.3. The van der Waals surface area contributed by atoms with Crippen molar-refractivity contribution in [3.05, 3.63) is 54.0 Å². The Morgan fingerprint density at radius 3 is 3.00 bits per heavy atom. The van der Waals surface area contributed by atoms with Crippen LogP contribution in [0.25, 0.3) is 10.9 Å². The van der Waals surface area contributed by atoms with E-state index >= 15 is 0 Å². The van der Waals surface area contributed by atoms with Gasteiger partial charge in [0.2, 0.25) is 0 Å². The molecule has 0 radical (unpaired) electrons. The lowest BCUT2D eigenvalue weighted by Gasteiger charge is -2.14. The van der Waals surface area contributed by atoms with Crippen molar-refractivity contribution < 1.29 is 5.11 Å². The molecule has 0 spiro atoms. The third-order valence-corrected chi connectivity index (χ3v) is 3.34. The molecule has 1 unspecified atom stereocenters. The molecule has 20 heavy (non-hydrogen) atoms. The van der Waals surface area contributed by atoms with Gasteiger partial charge < -0.3 is 5.11 Å². The summed E-state index contributed by atoms with van der Waals surface area (Å²) < 4.78 is 1.75. The number of fused-ring (bicyclic) bond motifs is 1. The van der Waals surface area contributed by atoms with Crippen LogP contribution in [-0.2, 0) is 6.54 Å². The number of hydrogen-bond donors (Lipinski definition) is 1. The number of pyridine rings is 1. The molecule has 0 fully saturated rings. The van der Waals surface area contributed by atoms with Gasteiger partial charge in [-0.1, -0.05) is 30.3 Å². The van der Waals surface area contributed by atoms with Gasteiger partial charge in [-0.2, -0.15) is 0 Å². The molecule has 0 saturated carbocycles. The minimum atomic E-state index is -0.746. The highest BCUT2D eigenvalue weighted by Crippen LogP contribution is 2.27. The smallest absolute Gasteiger partial charge is 0.123 e. The molecule has 0 saturated heterocycles. The Bertz CT molecular complexity index is 717. The van der Waals surface area contributed by atoms with Crippen LogP contribution >= 0.6 is 0 Å². The van der Waals surface area contributed by atoms with Gasteiger partial charge in [0, 0.05) is 18.1 Å². The molecular formula is C15H16N4O. The van der Waals surface area contributed by atoms with E-state index in [1.165, 1.54) is 0 Å². The predicted molar refractivity (Wildman–Crippen MR) is 76.1 cm³/mol. The zero-order valence-electron chi connectivity index (χ0n) is 11.3. The van der Waals surface area contributed by atoms with Crippen molar-refractivity contribution in [3.8, 4) is 0 Å². The van der Waals surface area contributed by atoms with Gasteiger partial charge in [-0.3, -0.25) is 4.98 Å². The number of aliphatic hydroxyl groups is 1. The van der Waals surface area contributed by atoms with E-state index in [9.17, 15) is 5.11 Å². The van der Waals surface area contributed by atoms with E-state index in [1.807, 2.05) is 30.3 Å². The van der Waals surface area contributed by atoms with Crippen molar-refractivity contribution in [2.45, 2.75) is 26.0 Å². The van der Waals surface area contributed by atoms with E-state index in [-0.39, 0.29) is 0 Å². The fourth-order valence-corrected chi connectivity index (χ4v) is 2.39. The number of aryl methyl sites for hydroxylation is 1. The molecular weight excluding hydrogens is 252 g/mol. The Kier molecular flexibility index (Phi) is 3.43. The van der Waals surface area contributed by atoms with Crippen LogP contribution in [0.4, 0.5) is 0 Å². The van der Waals surface area contributed by atoms with E-state index in [1.54, 1.807) is 17.1 Å². The standard InChI is InChI=1S/C15H16N4O/c1-2-9-19-14(10-17-18-19)15(20)12-5-3-7-13-11(12)6-4-8-16-13/h3-8,10,15,20H,2,9H2,1H3. The van der Waals surface area contributed by atoms with Crippen LogP contribution in [0.1, 0.15) is 30.7 Å². The van der Waals surface area contributed by atoms with Crippen molar-refractivity contribution in [1.82, 2.24) is 20.0 Å². The van der Waals surface area contributed by atoms with Gasteiger partial charge in [-0.25, -0.2) is 4.68 Å². The first-order chi connectivity index (χ1) is 9.81. The lowest BCUT2D eigenvalue weighted by Crippen LogP contribution is -2.10. The van der Waals surface area contributed by atoms with Crippen LogP contribution in [0.3, 0.4) is 0 Å². The summed E-state index contributed by atoms with van der Waals surface area (Å²) >= 11 is 0. The molecule has 2 heterocycles. The second-order valence-electron chi connectivity index (χ2n) is 4.70. The van der Waals surface area contributed by atoms with Gasteiger partial charge in [0.1, 0.15) is 6.10 Å². The minimum Gasteiger partial charge on any atom is -0.382 e. The largest absolute Gasteiger partial charge is 0.382 e. The number of benzene rings is 1. The average molecular weight is 268 g/mol. The lowest BCUT2D eigenvalue weighted by atomic mass is 10.0. The van der Waals surface area contributed by atoms with Crippen molar-refractivity contribution in [2.75, 3.05) is 0 Å². The SMILES string of the molecule is CCCn1nncc1C(O)c1cccc2ncccc12. The summed E-state index contributed by atoms with van der Waals surface area (Å²) in [6.45, 7) is 2.81.